The molecule has 1 aliphatic rings. The zero-order chi connectivity index (χ0) is 9.35. The van der Waals surface area contributed by atoms with E-state index < -0.39 is 0 Å². The number of hydrogen-bond acceptors (Lipinski definition) is 3. The number of carbonyl (C=O) groups is 2. The molecule has 0 bridgehead atoms. The second-order valence-corrected chi connectivity index (χ2v) is 5.60. The Morgan fingerprint density at radius 3 is 2.58 bits per heavy atom. The predicted molar refractivity (Wildman–Crippen MR) is 50.3 cm³/mol. The highest BCUT2D eigenvalue weighted by molar-refractivity contribution is 8.00. The monoisotopic (exact) mass is 186 g/mol. The summed E-state index contributed by atoms with van der Waals surface area (Å²) in [4.78, 5) is 22.4. The molecule has 1 heterocycles. The molecule has 0 radical (unpaired) electrons. The molecule has 1 fully saturated rings. The van der Waals surface area contributed by atoms with Crippen molar-refractivity contribution in [1.29, 1.82) is 0 Å². The molecule has 1 saturated heterocycles. The van der Waals surface area contributed by atoms with Crippen LogP contribution in [0.1, 0.15) is 27.2 Å². The quantitative estimate of drug-likeness (QED) is 0.584. The van der Waals surface area contributed by atoms with Crippen LogP contribution in [0.2, 0.25) is 0 Å². The molecular formula is C9H14O2S. The number of thioether (sulfide) groups is 1. The van der Waals surface area contributed by atoms with Gasteiger partial charge in [0.2, 0.25) is 0 Å². The first-order valence-electron chi connectivity index (χ1n) is 4.09. The molecule has 0 aromatic rings. The Bertz CT molecular complexity index is 221. The molecule has 68 valence electrons. The van der Waals surface area contributed by atoms with Crippen molar-refractivity contribution in [2.75, 3.05) is 5.75 Å². The van der Waals surface area contributed by atoms with Crippen molar-refractivity contribution in [3.8, 4) is 0 Å². The van der Waals surface area contributed by atoms with E-state index >= 15 is 0 Å². The highest BCUT2D eigenvalue weighted by atomic mass is 32.2. The van der Waals surface area contributed by atoms with Crippen LogP contribution < -0.4 is 0 Å². The van der Waals surface area contributed by atoms with Gasteiger partial charge in [0.05, 0.1) is 5.92 Å². The maximum absolute atomic E-state index is 11.4. The van der Waals surface area contributed by atoms with Crippen LogP contribution in [-0.2, 0) is 9.59 Å². The van der Waals surface area contributed by atoms with Crippen molar-refractivity contribution in [3.63, 3.8) is 0 Å². The largest absolute Gasteiger partial charge is 0.299 e. The Balaban J connectivity index is 2.66. The Morgan fingerprint density at radius 1 is 1.58 bits per heavy atom. The first-order chi connectivity index (χ1) is 5.42. The highest BCUT2D eigenvalue weighted by Crippen LogP contribution is 2.36. The van der Waals surface area contributed by atoms with E-state index in [0.717, 1.165) is 0 Å². The van der Waals surface area contributed by atoms with Crippen LogP contribution in [0.15, 0.2) is 0 Å². The molecule has 0 aromatic heterocycles. The van der Waals surface area contributed by atoms with Crippen LogP contribution in [0, 0.1) is 5.92 Å². The van der Waals surface area contributed by atoms with Gasteiger partial charge in [0.15, 0.2) is 0 Å². The molecule has 1 unspecified atom stereocenters. The molecule has 12 heavy (non-hydrogen) atoms. The molecule has 0 N–H and O–H groups in total. The second-order valence-electron chi connectivity index (χ2n) is 3.88. The van der Waals surface area contributed by atoms with Gasteiger partial charge in [-0.3, -0.25) is 9.59 Å². The fourth-order valence-electron chi connectivity index (χ4n) is 1.34. The number of Topliss-reactive ketones (excluding diaryl/α,β-unsaturated/α-hetero) is 2. The normalized spacial score (nSPS) is 28.6. The number of ketones is 2. The molecule has 0 spiro atoms. The zero-order valence-corrected chi connectivity index (χ0v) is 8.53. The Kier molecular flexibility index (Phi) is 2.61. The van der Waals surface area contributed by atoms with Gasteiger partial charge >= 0.3 is 0 Å². The SMILES string of the molecule is CC(=O)C1CSC(C)(C)CC1=O. The van der Waals surface area contributed by atoms with Gasteiger partial charge in [-0.25, -0.2) is 0 Å². The molecule has 0 amide bonds. The van der Waals surface area contributed by atoms with Gasteiger partial charge in [0, 0.05) is 16.9 Å². The Labute approximate surface area is 77.1 Å². The van der Waals surface area contributed by atoms with Gasteiger partial charge in [-0.15, -0.1) is 0 Å². The third kappa shape index (κ3) is 2.09. The lowest BCUT2D eigenvalue weighted by molar-refractivity contribution is -0.131. The summed E-state index contributed by atoms with van der Waals surface area (Å²) < 4.78 is 0.0308. The molecule has 0 aliphatic carbocycles. The van der Waals surface area contributed by atoms with Crippen LogP contribution in [0.4, 0.5) is 0 Å². The molecule has 1 aliphatic heterocycles. The minimum Gasteiger partial charge on any atom is -0.299 e. The predicted octanol–water partition coefficient (Wildman–Crippen LogP) is 1.68. The van der Waals surface area contributed by atoms with E-state index in [1.54, 1.807) is 11.8 Å². The first kappa shape index (κ1) is 9.78. The van der Waals surface area contributed by atoms with E-state index in [1.165, 1.54) is 6.92 Å². The second kappa shape index (κ2) is 3.21. The molecule has 0 aromatic carbocycles. The lowest BCUT2D eigenvalue weighted by Crippen LogP contribution is -2.36. The lowest BCUT2D eigenvalue weighted by atomic mass is 9.93. The summed E-state index contributed by atoms with van der Waals surface area (Å²) in [6.45, 7) is 5.60. The highest BCUT2D eigenvalue weighted by Gasteiger charge is 2.35. The van der Waals surface area contributed by atoms with Gasteiger partial charge in [0.25, 0.3) is 0 Å². The van der Waals surface area contributed by atoms with E-state index in [-0.39, 0.29) is 22.2 Å². The summed E-state index contributed by atoms with van der Waals surface area (Å²) in [6, 6.07) is 0. The third-order valence-electron chi connectivity index (χ3n) is 2.12. The Morgan fingerprint density at radius 2 is 2.17 bits per heavy atom. The Hall–Kier alpha value is -0.310. The van der Waals surface area contributed by atoms with Gasteiger partial charge < -0.3 is 0 Å². The van der Waals surface area contributed by atoms with Crippen LogP contribution in [0.25, 0.3) is 0 Å². The molecule has 2 nitrogen and oxygen atoms in total. The first-order valence-corrected chi connectivity index (χ1v) is 5.08. The maximum atomic E-state index is 11.4. The van der Waals surface area contributed by atoms with Crippen LogP contribution >= 0.6 is 11.8 Å². The van der Waals surface area contributed by atoms with E-state index in [0.29, 0.717) is 12.2 Å². The van der Waals surface area contributed by atoms with Crippen molar-refractivity contribution in [2.24, 2.45) is 5.92 Å². The van der Waals surface area contributed by atoms with Crippen LogP contribution in [0.5, 0.6) is 0 Å². The number of carbonyl (C=O) groups excluding carboxylic acids is 2. The topological polar surface area (TPSA) is 34.1 Å². The molecular weight excluding hydrogens is 172 g/mol. The van der Waals surface area contributed by atoms with E-state index in [9.17, 15) is 9.59 Å². The van der Waals surface area contributed by atoms with Crippen LogP contribution in [0.3, 0.4) is 0 Å². The van der Waals surface area contributed by atoms with Gasteiger partial charge in [-0.2, -0.15) is 11.8 Å². The van der Waals surface area contributed by atoms with Crippen molar-refractivity contribution in [1.82, 2.24) is 0 Å². The van der Waals surface area contributed by atoms with Crippen molar-refractivity contribution in [3.05, 3.63) is 0 Å². The number of hydrogen-bond donors (Lipinski definition) is 0. The third-order valence-corrected chi connectivity index (χ3v) is 3.55. The van der Waals surface area contributed by atoms with E-state index in [4.69, 9.17) is 0 Å². The lowest BCUT2D eigenvalue weighted by Gasteiger charge is -2.31. The molecule has 0 saturated carbocycles. The van der Waals surface area contributed by atoms with Crippen molar-refractivity contribution >= 4 is 23.3 Å². The summed E-state index contributed by atoms with van der Waals surface area (Å²) >= 11 is 1.72. The summed E-state index contributed by atoms with van der Waals surface area (Å²) in [5.41, 5.74) is 0. The summed E-state index contributed by atoms with van der Waals surface area (Å²) in [7, 11) is 0. The van der Waals surface area contributed by atoms with Crippen LogP contribution in [-0.4, -0.2) is 22.1 Å². The zero-order valence-electron chi connectivity index (χ0n) is 7.72. The number of rotatable bonds is 1. The van der Waals surface area contributed by atoms with Crippen molar-refractivity contribution < 1.29 is 9.59 Å². The summed E-state index contributed by atoms with van der Waals surface area (Å²) in [5.74, 6) is 0.471. The van der Waals surface area contributed by atoms with Gasteiger partial charge in [-0.1, -0.05) is 13.8 Å². The fraction of sp³-hybridized carbons (Fsp3) is 0.778. The van der Waals surface area contributed by atoms with E-state index in [2.05, 4.69) is 0 Å². The average molecular weight is 186 g/mol. The average Bonchev–Trinajstić information content (AvgIpc) is 1.83. The summed E-state index contributed by atoms with van der Waals surface area (Å²) in [5, 5.41) is 0. The molecule has 1 atom stereocenters. The van der Waals surface area contributed by atoms with Gasteiger partial charge in [-0.05, 0) is 6.92 Å². The molecule has 3 heteroatoms. The fourth-order valence-corrected chi connectivity index (χ4v) is 2.62. The maximum Gasteiger partial charge on any atom is 0.145 e. The molecule has 1 rings (SSSR count). The smallest absolute Gasteiger partial charge is 0.145 e. The van der Waals surface area contributed by atoms with Gasteiger partial charge in [0.1, 0.15) is 11.6 Å². The minimum atomic E-state index is -0.331. The summed E-state index contributed by atoms with van der Waals surface area (Å²) in [6.07, 6.45) is 0.530. The minimum absolute atomic E-state index is 0.0167. The van der Waals surface area contributed by atoms with Crippen molar-refractivity contribution in [2.45, 2.75) is 31.9 Å². The standard InChI is InChI=1S/C9H14O2S/c1-6(10)7-5-12-9(2,3)4-8(7)11/h7H,4-5H2,1-3H3. The van der Waals surface area contributed by atoms with E-state index in [1.807, 2.05) is 13.8 Å².